The lowest BCUT2D eigenvalue weighted by Crippen LogP contribution is -2.48. The Balaban J connectivity index is 2.66. The van der Waals surface area contributed by atoms with Crippen molar-refractivity contribution in [2.24, 2.45) is 5.41 Å². The second kappa shape index (κ2) is 7.66. The van der Waals surface area contributed by atoms with Crippen LogP contribution in [0.1, 0.15) is 52.9 Å². The quantitative estimate of drug-likeness (QED) is 0.779. The van der Waals surface area contributed by atoms with Crippen molar-refractivity contribution in [2.75, 3.05) is 20.2 Å². The van der Waals surface area contributed by atoms with Crippen molar-refractivity contribution in [1.82, 2.24) is 4.90 Å². The number of aliphatic carboxylic acids is 1. The number of carbonyl (C=O) groups is 3. The molecule has 0 saturated carbocycles. The van der Waals surface area contributed by atoms with Gasteiger partial charge in [0, 0.05) is 19.5 Å². The molecule has 132 valence electrons. The summed E-state index contributed by atoms with van der Waals surface area (Å²) in [5, 5.41) is 8.76. The molecule has 1 heterocycles. The average molecular weight is 329 g/mol. The van der Waals surface area contributed by atoms with E-state index in [1.165, 1.54) is 7.11 Å². The summed E-state index contributed by atoms with van der Waals surface area (Å²) >= 11 is 0. The molecule has 23 heavy (non-hydrogen) atoms. The van der Waals surface area contributed by atoms with E-state index in [0.717, 1.165) is 0 Å². The van der Waals surface area contributed by atoms with Crippen molar-refractivity contribution >= 4 is 18.0 Å². The van der Waals surface area contributed by atoms with Crippen molar-refractivity contribution in [2.45, 2.75) is 58.5 Å². The standard InChI is InChI=1S/C16H27NO6/c1-15(2,3)23-14(21)17-10-8-16(9-11-17,13(20)22-4)7-5-6-12(18)19/h5-11H2,1-4H3,(H,18,19). The van der Waals surface area contributed by atoms with Gasteiger partial charge in [0.05, 0.1) is 12.5 Å². The van der Waals surface area contributed by atoms with Gasteiger partial charge in [0.25, 0.3) is 0 Å². The van der Waals surface area contributed by atoms with Crippen LogP contribution in [0.25, 0.3) is 0 Å². The van der Waals surface area contributed by atoms with Crippen molar-refractivity contribution in [1.29, 1.82) is 0 Å². The number of hydrogen-bond acceptors (Lipinski definition) is 5. The number of ether oxygens (including phenoxy) is 2. The molecule has 0 aliphatic carbocycles. The molecule has 7 heteroatoms. The Hall–Kier alpha value is -1.79. The molecule has 0 spiro atoms. The number of carbonyl (C=O) groups excluding carboxylic acids is 2. The van der Waals surface area contributed by atoms with Crippen molar-refractivity contribution < 1.29 is 29.0 Å². The van der Waals surface area contributed by atoms with Crippen LogP contribution < -0.4 is 0 Å². The molecule has 0 radical (unpaired) electrons. The third-order valence-electron chi connectivity index (χ3n) is 4.04. The minimum Gasteiger partial charge on any atom is -0.481 e. The topological polar surface area (TPSA) is 93.1 Å². The van der Waals surface area contributed by atoms with Crippen LogP contribution in [-0.2, 0) is 19.1 Å². The van der Waals surface area contributed by atoms with Crippen molar-refractivity contribution in [3.8, 4) is 0 Å². The van der Waals surface area contributed by atoms with Gasteiger partial charge in [-0.15, -0.1) is 0 Å². The van der Waals surface area contributed by atoms with Crippen LogP contribution in [0.5, 0.6) is 0 Å². The maximum absolute atomic E-state index is 12.2. The number of hydrogen-bond donors (Lipinski definition) is 1. The number of carboxylic acid groups (broad SMARTS) is 1. The third kappa shape index (κ3) is 5.73. The first kappa shape index (κ1) is 19.3. The molecule has 0 atom stereocenters. The van der Waals surface area contributed by atoms with E-state index < -0.39 is 17.0 Å². The van der Waals surface area contributed by atoms with Crippen LogP contribution in [0, 0.1) is 5.41 Å². The van der Waals surface area contributed by atoms with Gasteiger partial charge in [0.1, 0.15) is 5.60 Å². The van der Waals surface area contributed by atoms with Crippen LogP contribution in [0.15, 0.2) is 0 Å². The highest BCUT2D eigenvalue weighted by Crippen LogP contribution is 2.38. The van der Waals surface area contributed by atoms with E-state index in [4.69, 9.17) is 14.6 Å². The Kier molecular flexibility index (Phi) is 6.41. The van der Waals surface area contributed by atoms with E-state index in [1.807, 2.05) is 0 Å². The monoisotopic (exact) mass is 329 g/mol. The second-order valence-corrected chi connectivity index (χ2v) is 6.99. The van der Waals surface area contributed by atoms with Gasteiger partial charge in [-0.25, -0.2) is 4.79 Å². The number of methoxy groups -OCH3 is 1. The molecule has 7 nitrogen and oxygen atoms in total. The molecule has 1 rings (SSSR count). The first-order valence-corrected chi connectivity index (χ1v) is 7.88. The normalized spacial score (nSPS) is 17.5. The molecule has 0 unspecified atom stereocenters. The zero-order valence-corrected chi connectivity index (χ0v) is 14.4. The molecule has 0 aromatic heterocycles. The van der Waals surface area contributed by atoms with Crippen molar-refractivity contribution in [3.63, 3.8) is 0 Å². The fraction of sp³-hybridized carbons (Fsp3) is 0.812. The number of amides is 1. The first-order chi connectivity index (χ1) is 10.6. The number of carboxylic acids is 1. The summed E-state index contributed by atoms with van der Waals surface area (Å²) in [6.07, 6.45) is 1.41. The average Bonchev–Trinajstić information content (AvgIpc) is 2.44. The van der Waals surface area contributed by atoms with Gasteiger partial charge in [-0.3, -0.25) is 9.59 Å². The first-order valence-electron chi connectivity index (χ1n) is 7.88. The van der Waals surface area contributed by atoms with E-state index in [9.17, 15) is 14.4 Å². The highest BCUT2D eigenvalue weighted by atomic mass is 16.6. The van der Waals surface area contributed by atoms with Crippen LogP contribution in [0.3, 0.4) is 0 Å². The van der Waals surface area contributed by atoms with E-state index in [-0.39, 0.29) is 18.5 Å². The number of piperidine rings is 1. The van der Waals surface area contributed by atoms with Gasteiger partial charge in [-0.1, -0.05) is 0 Å². The summed E-state index contributed by atoms with van der Waals surface area (Å²) in [4.78, 5) is 36.5. The van der Waals surface area contributed by atoms with E-state index in [1.54, 1.807) is 25.7 Å². The Morgan fingerprint density at radius 3 is 2.17 bits per heavy atom. The predicted octanol–water partition coefficient (Wildman–Crippen LogP) is 2.43. The molecular formula is C16H27NO6. The van der Waals surface area contributed by atoms with Crippen LogP contribution in [-0.4, -0.2) is 53.8 Å². The van der Waals surface area contributed by atoms with Gasteiger partial charge >= 0.3 is 18.0 Å². The number of nitrogens with zero attached hydrogens (tertiary/aromatic N) is 1. The second-order valence-electron chi connectivity index (χ2n) is 6.99. The number of esters is 1. The summed E-state index contributed by atoms with van der Waals surface area (Å²) in [6.45, 7) is 6.21. The van der Waals surface area contributed by atoms with Gasteiger partial charge in [0.2, 0.25) is 0 Å². The zero-order chi connectivity index (χ0) is 17.7. The van der Waals surface area contributed by atoms with E-state index in [0.29, 0.717) is 38.8 Å². The smallest absolute Gasteiger partial charge is 0.410 e. The fourth-order valence-electron chi connectivity index (χ4n) is 2.79. The van der Waals surface area contributed by atoms with Gasteiger partial charge < -0.3 is 19.5 Å². The van der Waals surface area contributed by atoms with Gasteiger partial charge in [-0.05, 0) is 46.5 Å². The minimum absolute atomic E-state index is 0.0223. The molecule has 1 aliphatic heterocycles. The van der Waals surface area contributed by atoms with Gasteiger partial charge in [0.15, 0.2) is 0 Å². The number of rotatable bonds is 5. The predicted molar refractivity (Wildman–Crippen MR) is 83.0 cm³/mol. The highest BCUT2D eigenvalue weighted by molar-refractivity contribution is 5.77. The van der Waals surface area contributed by atoms with E-state index >= 15 is 0 Å². The Morgan fingerprint density at radius 2 is 1.74 bits per heavy atom. The molecule has 1 fully saturated rings. The summed E-state index contributed by atoms with van der Waals surface area (Å²) in [5.74, 6) is -1.21. The molecule has 1 aliphatic rings. The number of likely N-dealkylation sites (tertiary alicyclic amines) is 1. The van der Waals surface area contributed by atoms with Crippen LogP contribution >= 0.6 is 0 Å². The van der Waals surface area contributed by atoms with Crippen LogP contribution in [0.4, 0.5) is 4.79 Å². The van der Waals surface area contributed by atoms with Crippen LogP contribution in [0.2, 0.25) is 0 Å². The largest absolute Gasteiger partial charge is 0.481 e. The Bertz CT molecular complexity index is 446. The Labute approximate surface area is 136 Å². The lowest BCUT2D eigenvalue weighted by Gasteiger charge is -2.40. The summed E-state index contributed by atoms with van der Waals surface area (Å²) in [6, 6.07) is 0. The zero-order valence-electron chi connectivity index (χ0n) is 14.4. The maximum atomic E-state index is 12.2. The molecule has 1 N–H and O–H groups in total. The SMILES string of the molecule is COC(=O)C1(CCCC(=O)O)CCN(C(=O)OC(C)(C)C)CC1. The maximum Gasteiger partial charge on any atom is 0.410 e. The van der Waals surface area contributed by atoms with Gasteiger partial charge in [-0.2, -0.15) is 0 Å². The summed E-state index contributed by atoms with van der Waals surface area (Å²) in [5.41, 5.74) is -1.27. The molecular weight excluding hydrogens is 302 g/mol. The molecule has 1 amide bonds. The fourth-order valence-corrected chi connectivity index (χ4v) is 2.79. The molecule has 0 bridgehead atoms. The molecule has 0 aromatic rings. The molecule has 1 saturated heterocycles. The highest BCUT2D eigenvalue weighted by Gasteiger charge is 2.43. The van der Waals surface area contributed by atoms with E-state index in [2.05, 4.69) is 0 Å². The molecule has 0 aromatic carbocycles. The Morgan fingerprint density at radius 1 is 1.17 bits per heavy atom. The summed E-state index contributed by atoms with van der Waals surface area (Å²) in [7, 11) is 1.33. The summed E-state index contributed by atoms with van der Waals surface area (Å²) < 4.78 is 10.2. The third-order valence-corrected chi connectivity index (χ3v) is 4.04. The lowest BCUT2D eigenvalue weighted by atomic mass is 9.74. The van der Waals surface area contributed by atoms with Crippen molar-refractivity contribution in [3.05, 3.63) is 0 Å². The minimum atomic E-state index is -0.879. The lowest BCUT2D eigenvalue weighted by molar-refractivity contribution is -0.157.